The number of hydrogen-bond acceptors (Lipinski definition) is 3. The lowest BCUT2D eigenvalue weighted by atomic mass is 9.97. The van der Waals surface area contributed by atoms with Crippen molar-refractivity contribution in [2.45, 2.75) is 57.4 Å². The molecule has 3 amide bonds. The van der Waals surface area contributed by atoms with Crippen molar-refractivity contribution in [2.75, 3.05) is 32.7 Å². The first-order valence-corrected chi connectivity index (χ1v) is 8.71. The van der Waals surface area contributed by atoms with Crippen LogP contribution in [0.4, 0.5) is 4.79 Å². The van der Waals surface area contributed by atoms with Crippen molar-refractivity contribution in [1.82, 2.24) is 15.1 Å². The number of carbonyl (C=O) groups is 2. The predicted molar refractivity (Wildman–Crippen MR) is 86.5 cm³/mol. The van der Waals surface area contributed by atoms with E-state index in [1.165, 1.54) is 32.1 Å². The number of nitrogens with two attached hydrogens (primary N) is 1. The molecular formula is C16H30N4O2. The fourth-order valence-electron chi connectivity index (χ4n) is 3.43. The van der Waals surface area contributed by atoms with Gasteiger partial charge in [0.2, 0.25) is 5.91 Å². The Hall–Kier alpha value is -1.30. The van der Waals surface area contributed by atoms with E-state index in [2.05, 4.69) is 10.2 Å². The Morgan fingerprint density at radius 3 is 2.27 bits per heavy atom. The van der Waals surface area contributed by atoms with Crippen molar-refractivity contribution >= 4 is 11.9 Å². The average Bonchev–Trinajstić information content (AvgIpc) is 2.67. The molecule has 1 aliphatic carbocycles. The van der Waals surface area contributed by atoms with Crippen molar-refractivity contribution in [1.29, 1.82) is 0 Å². The highest BCUT2D eigenvalue weighted by Crippen LogP contribution is 2.17. The molecule has 0 aromatic carbocycles. The number of amides is 3. The van der Waals surface area contributed by atoms with Crippen molar-refractivity contribution in [2.24, 2.45) is 5.73 Å². The smallest absolute Gasteiger partial charge is 0.314 e. The van der Waals surface area contributed by atoms with Gasteiger partial charge in [0.1, 0.15) is 0 Å². The van der Waals surface area contributed by atoms with Gasteiger partial charge in [-0.05, 0) is 19.3 Å². The summed E-state index contributed by atoms with van der Waals surface area (Å²) < 4.78 is 0. The van der Waals surface area contributed by atoms with Crippen LogP contribution in [0.1, 0.15) is 51.4 Å². The van der Waals surface area contributed by atoms with E-state index in [4.69, 9.17) is 5.73 Å². The van der Waals surface area contributed by atoms with Crippen LogP contribution < -0.4 is 11.1 Å². The van der Waals surface area contributed by atoms with Crippen molar-refractivity contribution in [3.05, 3.63) is 0 Å². The Morgan fingerprint density at radius 1 is 0.909 bits per heavy atom. The molecule has 126 valence electrons. The van der Waals surface area contributed by atoms with Gasteiger partial charge in [0.25, 0.3) is 0 Å². The van der Waals surface area contributed by atoms with E-state index < -0.39 is 0 Å². The van der Waals surface area contributed by atoms with E-state index in [9.17, 15) is 9.59 Å². The van der Waals surface area contributed by atoms with Crippen molar-refractivity contribution in [3.8, 4) is 0 Å². The summed E-state index contributed by atoms with van der Waals surface area (Å²) in [5, 5.41) is 3.20. The van der Waals surface area contributed by atoms with Gasteiger partial charge in [-0.2, -0.15) is 0 Å². The van der Waals surface area contributed by atoms with Crippen LogP contribution in [0, 0.1) is 0 Å². The summed E-state index contributed by atoms with van der Waals surface area (Å²) >= 11 is 0. The molecule has 22 heavy (non-hydrogen) atoms. The number of carbonyl (C=O) groups excluding carboxylic acids is 2. The van der Waals surface area contributed by atoms with Gasteiger partial charge < -0.3 is 16.0 Å². The van der Waals surface area contributed by atoms with E-state index in [1.807, 2.05) is 0 Å². The molecular weight excluding hydrogens is 280 g/mol. The quantitative estimate of drug-likeness (QED) is 0.825. The molecule has 6 nitrogen and oxygen atoms in total. The molecule has 3 N–H and O–H groups in total. The van der Waals surface area contributed by atoms with E-state index in [1.54, 1.807) is 4.90 Å². The van der Waals surface area contributed by atoms with Gasteiger partial charge in [0.15, 0.2) is 0 Å². The molecule has 2 fully saturated rings. The fraction of sp³-hybridized carbons (Fsp3) is 0.875. The largest absolute Gasteiger partial charge is 0.352 e. The van der Waals surface area contributed by atoms with Crippen LogP contribution in [-0.2, 0) is 4.79 Å². The summed E-state index contributed by atoms with van der Waals surface area (Å²) in [5.74, 6) is 0.123. The number of hydrogen-bond donors (Lipinski definition) is 2. The molecule has 2 aliphatic rings. The third kappa shape index (κ3) is 5.83. The second-order valence-electron chi connectivity index (χ2n) is 6.56. The second kappa shape index (κ2) is 8.98. The van der Waals surface area contributed by atoms with E-state index in [-0.39, 0.29) is 11.9 Å². The lowest BCUT2D eigenvalue weighted by molar-refractivity contribution is -0.123. The molecule has 1 aliphatic heterocycles. The lowest BCUT2D eigenvalue weighted by Gasteiger charge is -2.24. The minimum atomic E-state index is -0.360. The zero-order chi connectivity index (χ0) is 15.8. The highest BCUT2D eigenvalue weighted by atomic mass is 16.2. The van der Waals surface area contributed by atoms with Gasteiger partial charge in [0.05, 0.1) is 6.54 Å². The first kappa shape index (κ1) is 17.1. The Bertz CT molecular complexity index is 367. The fourth-order valence-corrected chi connectivity index (χ4v) is 3.43. The Morgan fingerprint density at radius 2 is 1.59 bits per heavy atom. The highest BCUT2D eigenvalue weighted by Gasteiger charge is 2.20. The summed E-state index contributed by atoms with van der Waals surface area (Å²) in [6, 6.07) is -0.0114. The van der Waals surface area contributed by atoms with Crippen LogP contribution in [0.5, 0.6) is 0 Å². The summed E-state index contributed by atoms with van der Waals surface area (Å²) in [6.45, 7) is 3.31. The van der Waals surface area contributed by atoms with Crippen LogP contribution in [0.25, 0.3) is 0 Å². The first-order valence-electron chi connectivity index (χ1n) is 8.71. The molecule has 0 atom stereocenters. The normalized spacial score (nSPS) is 22.5. The standard InChI is InChI=1S/C16H30N4O2/c17-16(22)20-10-6-9-19(11-12-20)13-15(21)18-14-7-4-2-1-3-5-8-14/h14H,1-13H2,(H2,17,22)(H,18,21). The maximum atomic E-state index is 12.2. The third-order valence-corrected chi connectivity index (χ3v) is 4.74. The molecule has 2 rings (SSSR count). The first-order chi connectivity index (χ1) is 10.6. The van der Waals surface area contributed by atoms with Crippen LogP contribution in [-0.4, -0.2) is 60.5 Å². The minimum absolute atomic E-state index is 0.123. The van der Waals surface area contributed by atoms with Gasteiger partial charge in [0, 0.05) is 32.2 Å². The van der Waals surface area contributed by atoms with Crippen molar-refractivity contribution < 1.29 is 9.59 Å². The summed E-state index contributed by atoms with van der Waals surface area (Å²) in [7, 11) is 0. The maximum absolute atomic E-state index is 12.2. The van der Waals surface area contributed by atoms with Gasteiger partial charge in [-0.15, -0.1) is 0 Å². The highest BCUT2D eigenvalue weighted by molar-refractivity contribution is 5.78. The summed E-state index contributed by atoms with van der Waals surface area (Å²) in [6.07, 6.45) is 9.47. The SMILES string of the molecule is NC(=O)N1CCCN(CC(=O)NC2CCCCCCC2)CC1. The molecule has 0 unspecified atom stereocenters. The second-order valence-corrected chi connectivity index (χ2v) is 6.56. The zero-order valence-electron chi connectivity index (χ0n) is 13.6. The van der Waals surface area contributed by atoms with E-state index in [0.29, 0.717) is 25.7 Å². The number of nitrogens with one attached hydrogen (secondary N) is 1. The number of primary amides is 1. The lowest BCUT2D eigenvalue weighted by Crippen LogP contribution is -2.44. The molecule has 6 heteroatoms. The topological polar surface area (TPSA) is 78.7 Å². The summed E-state index contributed by atoms with van der Waals surface area (Å²) in [4.78, 5) is 27.2. The van der Waals surface area contributed by atoms with Crippen molar-refractivity contribution in [3.63, 3.8) is 0 Å². The molecule has 0 radical (unpaired) electrons. The third-order valence-electron chi connectivity index (χ3n) is 4.74. The minimum Gasteiger partial charge on any atom is -0.352 e. The number of rotatable bonds is 3. The van der Waals surface area contributed by atoms with E-state index in [0.717, 1.165) is 32.4 Å². The van der Waals surface area contributed by atoms with Crippen LogP contribution in [0.3, 0.4) is 0 Å². The Labute approximate surface area is 133 Å². The summed E-state index contributed by atoms with van der Waals surface area (Å²) in [5.41, 5.74) is 5.32. The zero-order valence-corrected chi connectivity index (χ0v) is 13.6. The Kier molecular flexibility index (Phi) is 6.96. The van der Waals surface area contributed by atoms with Gasteiger partial charge in [-0.25, -0.2) is 4.79 Å². The molecule has 0 spiro atoms. The predicted octanol–water partition coefficient (Wildman–Crippen LogP) is 1.30. The number of urea groups is 1. The molecule has 1 saturated heterocycles. The van der Waals surface area contributed by atoms with Crippen LogP contribution in [0.15, 0.2) is 0 Å². The molecule has 0 aromatic rings. The van der Waals surface area contributed by atoms with Crippen LogP contribution in [0.2, 0.25) is 0 Å². The molecule has 1 heterocycles. The maximum Gasteiger partial charge on any atom is 0.314 e. The van der Waals surface area contributed by atoms with Gasteiger partial charge in [-0.3, -0.25) is 9.69 Å². The monoisotopic (exact) mass is 310 g/mol. The van der Waals surface area contributed by atoms with Crippen LogP contribution >= 0.6 is 0 Å². The van der Waals surface area contributed by atoms with Gasteiger partial charge in [-0.1, -0.05) is 32.1 Å². The number of nitrogens with zero attached hydrogens (tertiary/aromatic N) is 2. The molecule has 0 aromatic heterocycles. The molecule has 1 saturated carbocycles. The van der Waals surface area contributed by atoms with Gasteiger partial charge >= 0.3 is 6.03 Å². The Balaban J connectivity index is 1.72. The average molecular weight is 310 g/mol. The molecule has 0 bridgehead atoms. The van der Waals surface area contributed by atoms with E-state index >= 15 is 0 Å².